The summed E-state index contributed by atoms with van der Waals surface area (Å²) in [5, 5.41) is 13.2. The summed E-state index contributed by atoms with van der Waals surface area (Å²) in [6, 6.07) is 16.4. The molecule has 2 aromatic carbocycles. The maximum absolute atomic E-state index is 9.30. The first kappa shape index (κ1) is 16.5. The molecule has 0 aliphatic carbocycles. The molecule has 0 amide bonds. The van der Waals surface area contributed by atoms with Gasteiger partial charge < -0.3 is 15.3 Å². The van der Waals surface area contributed by atoms with Crippen molar-refractivity contribution in [3.05, 3.63) is 65.2 Å². The van der Waals surface area contributed by atoms with E-state index >= 15 is 0 Å². The number of thiocarbonyl (C=S) groups is 1. The third-order valence-electron chi connectivity index (χ3n) is 3.51. The van der Waals surface area contributed by atoms with Crippen LogP contribution in [0.5, 0.6) is 0 Å². The Bertz CT molecular complexity index is 628. The first-order valence-electron chi connectivity index (χ1n) is 7.38. The Labute approximate surface area is 137 Å². The molecule has 3 nitrogen and oxygen atoms in total. The first-order valence-corrected chi connectivity index (χ1v) is 7.79. The van der Waals surface area contributed by atoms with Gasteiger partial charge in [0.1, 0.15) is 0 Å². The van der Waals surface area contributed by atoms with Crippen LogP contribution in [0.3, 0.4) is 0 Å². The molecule has 2 aromatic rings. The predicted molar refractivity (Wildman–Crippen MR) is 96.1 cm³/mol. The van der Waals surface area contributed by atoms with Gasteiger partial charge in [0.05, 0.1) is 6.61 Å². The maximum Gasteiger partial charge on any atom is 0.173 e. The lowest BCUT2D eigenvalue weighted by molar-refractivity contribution is 0.248. The van der Waals surface area contributed by atoms with Crippen molar-refractivity contribution >= 4 is 23.0 Å². The van der Waals surface area contributed by atoms with Crippen molar-refractivity contribution in [2.24, 2.45) is 0 Å². The van der Waals surface area contributed by atoms with Crippen LogP contribution >= 0.6 is 12.2 Å². The second-order valence-electron chi connectivity index (χ2n) is 5.38. The van der Waals surface area contributed by atoms with Crippen molar-refractivity contribution in [2.75, 3.05) is 18.5 Å². The van der Waals surface area contributed by atoms with Crippen LogP contribution in [0, 0.1) is 13.8 Å². The predicted octanol–water partition coefficient (Wildman–Crippen LogP) is 3.49. The molecule has 2 N–H and O–H groups in total. The number of rotatable bonds is 5. The molecule has 0 aliphatic heterocycles. The largest absolute Gasteiger partial charge is 0.395 e. The Morgan fingerprint density at radius 3 is 2.55 bits per heavy atom. The molecule has 0 radical (unpaired) electrons. The van der Waals surface area contributed by atoms with Crippen LogP contribution in [0.4, 0.5) is 5.69 Å². The van der Waals surface area contributed by atoms with Gasteiger partial charge in [-0.2, -0.15) is 0 Å². The molecule has 0 aliphatic rings. The molecule has 0 saturated carbocycles. The smallest absolute Gasteiger partial charge is 0.173 e. The van der Waals surface area contributed by atoms with Gasteiger partial charge in [0.2, 0.25) is 0 Å². The van der Waals surface area contributed by atoms with Crippen molar-refractivity contribution in [2.45, 2.75) is 20.4 Å². The second kappa shape index (κ2) is 7.92. The number of hydrogen-bond acceptors (Lipinski definition) is 2. The quantitative estimate of drug-likeness (QED) is 0.828. The maximum atomic E-state index is 9.30. The zero-order chi connectivity index (χ0) is 15.9. The monoisotopic (exact) mass is 314 g/mol. The number of anilines is 1. The number of nitrogens with zero attached hydrogens (tertiary/aromatic N) is 1. The van der Waals surface area contributed by atoms with Gasteiger partial charge in [0.15, 0.2) is 5.11 Å². The Morgan fingerprint density at radius 1 is 1.14 bits per heavy atom. The summed E-state index contributed by atoms with van der Waals surface area (Å²) < 4.78 is 0. The minimum absolute atomic E-state index is 0.0709. The molecule has 0 atom stereocenters. The van der Waals surface area contributed by atoms with Crippen LogP contribution in [0.1, 0.15) is 16.7 Å². The molecule has 0 aromatic heterocycles. The van der Waals surface area contributed by atoms with Crippen molar-refractivity contribution in [1.82, 2.24) is 4.90 Å². The van der Waals surface area contributed by atoms with Gasteiger partial charge in [-0.15, -0.1) is 0 Å². The summed E-state index contributed by atoms with van der Waals surface area (Å²) in [7, 11) is 0. The lowest BCUT2D eigenvalue weighted by atomic mass is 10.1. The van der Waals surface area contributed by atoms with E-state index in [1.54, 1.807) is 0 Å². The van der Waals surface area contributed by atoms with Gasteiger partial charge in [-0.3, -0.25) is 0 Å². The van der Waals surface area contributed by atoms with Gasteiger partial charge in [-0.1, -0.05) is 42.5 Å². The molecule has 22 heavy (non-hydrogen) atoms. The molecular weight excluding hydrogens is 292 g/mol. The summed E-state index contributed by atoms with van der Waals surface area (Å²) in [4.78, 5) is 1.98. The summed E-state index contributed by atoms with van der Waals surface area (Å²) in [6.07, 6.45) is 0. The third kappa shape index (κ3) is 4.55. The number of aliphatic hydroxyl groups is 1. The number of aliphatic hydroxyl groups excluding tert-OH is 1. The molecule has 0 heterocycles. The van der Waals surface area contributed by atoms with E-state index in [0.29, 0.717) is 18.2 Å². The Kier molecular flexibility index (Phi) is 5.92. The third-order valence-corrected chi connectivity index (χ3v) is 3.87. The van der Waals surface area contributed by atoms with E-state index < -0.39 is 0 Å². The average molecular weight is 314 g/mol. The Morgan fingerprint density at radius 2 is 1.86 bits per heavy atom. The summed E-state index contributed by atoms with van der Waals surface area (Å²) in [6.45, 7) is 5.37. The number of aryl methyl sites for hydroxylation is 2. The standard InChI is InChI=1S/C18H22N2OS/c1-14-8-9-15(2)17(12-14)19-18(22)20(10-11-21)13-16-6-4-3-5-7-16/h3-9,12,21H,10-11,13H2,1-2H3,(H,19,22). The summed E-state index contributed by atoms with van der Waals surface area (Å²) >= 11 is 5.53. The summed E-state index contributed by atoms with van der Waals surface area (Å²) in [5.41, 5.74) is 4.52. The van der Waals surface area contributed by atoms with E-state index in [-0.39, 0.29) is 6.61 Å². The van der Waals surface area contributed by atoms with E-state index in [9.17, 15) is 5.11 Å². The number of benzene rings is 2. The molecule has 4 heteroatoms. The van der Waals surface area contributed by atoms with Crippen LogP contribution in [0.2, 0.25) is 0 Å². The van der Waals surface area contributed by atoms with Gasteiger partial charge in [-0.05, 0) is 48.8 Å². The topological polar surface area (TPSA) is 35.5 Å². The molecule has 0 spiro atoms. The van der Waals surface area contributed by atoms with Gasteiger partial charge in [0.25, 0.3) is 0 Å². The Hall–Kier alpha value is -1.91. The van der Waals surface area contributed by atoms with Crippen LogP contribution in [0.25, 0.3) is 0 Å². The molecule has 0 fully saturated rings. The Balaban J connectivity index is 2.11. The van der Waals surface area contributed by atoms with E-state index in [4.69, 9.17) is 12.2 Å². The fourth-order valence-electron chi connectivity index (χ4n) is 2.24. The lowest BCUT2D eigenvalue weighted by Gasteiger charge is -2.26. The van der Waals surface area contributed by atoms with Crippen molar-refractivity contribution in [3.8, 4) is 0 Å². The zero-order valence-electron chi connectivity index (χ0n) is 13.0. The molecule has 116 valence electrons. The zero-order valence-corrected chi connectivity index (χ0v) is 13.9. The summed E-state index contributed by atoms with van der Waals surface area (Å²) in [5.74, 6) is 0. The van der Waals surface area contributed by atoms with Gasteiger partial charge in [-0.25, -0.2) is 0 Å². The minimum Gasteiger partial charge on any atom is -0.395 e. The molecule has 0 unspecified atom stereocenters. The fourth-order valence-corrected chi connectivity index (χ4v) is 2.51. The van der Waals surface area contributed by atoms with E-state index in [1.165, 1.54) is 11.1 Å². The van der Waals surface area contributed by atoms with Crippen molar-refractivity contribution in [3.63, 3.8) is 0 Å². The molecule has 0 bridgehead atoms. The first-order chi connectivity index (χ1) is 10.6. The van der Waals surface area contributed by atoms with E-state index in [0.717, 1.165) is 11.3 Å². The van der Waals surface area contributed by atoms with Gasteiger partial charge >= 0.3 is 0 Å². The van der Waals surface area contributed by atoms with E-state index in [1.807, 2.05) is 23.1 Å². The minimum atomic E-state index is 0.0709. The number of hydrogen-bond donors (Lipinski definition) is 2. The van der Waals surface area contributed by atoms with Crippen molar-refractivity contribution < 1.29 is 5.11 Å². The highest BCUT2D eigenvalue weighted by Gasteiger charge is 2.11. The molecule has 0 saturated heterocycles. The van der Waals surface area contributed by atoms with Crippen LogP contribution in [0.15, 0.2) is 48.5 Å². The molecular formula is C18H22N2OS. The van der Waals surface area contributed by atoms with Crippen molar-refractivity contribution in [1.29, 1.82) is 0 Å². The van der Waals surface area contributed by atoms with Crippen LogP contribution in [-0.2, 0) is 6.54 Å². The average Bonchev–Trinajstić information content (AvgIpc) is 2.51. The molecule has 2 rings (SSSR count). The SMILES string of the molecule is Cc1ccc(C)c(NC(=S)N(CCO)Cc2ccccc2)c1. The highest BCUT2D eigenvalue weighted by atomic mass is 32.1. The highest BCUT2D eigenvalue weighted by Crippen LogP contribution is 2.17. The second-order valence-corrected chi connectivity index (χ2v) is 5.77. The van der Waals surface area contributed by atoms with Crippen LogP contribution in [-0.4, -0.2) is 28.3 Å². The van der Waals surface area contributed by atoms with Crippen LogP contribution < -0.4 is 5.32 Å². The normalized spacial score (nSPS) is 10.3. The highest BCUT2D eigenvalue weighted by molar-refractivity contribution is 7.80. The fraction of sp³-hybridized carbons (Fsp3) is 0.278. The van der Waals surface area contributed by atoms with Gasteiger partial charge in [0, 0.05) is 18.8 Å². The van der Waals surface area contributed by atoms with E-state index in [2.05, 4.69) is 49.5 Å². The number of nitrogens with one attached hydrogen (secondary N) is 1. The lowest BCUT2D eigenvalue weighted by Crippen LogP contribution is -2.36.